The lowest BCUT2D eigenvalue weighted by molar-refractivity contribution is 0.0601. The molecule has 0 atom stereocenters. The first-order chi connectivity index (χ1) is 18.5. The summed E-state index contributed by atoms with van der Waals surface area (Å²) in [6.07, 6.45) is 0. The van der Waals surface area contributed by atoms with Crippen molar-refractivity contribution >= 4 is 33.0 Å². The Morgan fingerprint density at radius 1 is 0.900 bits per heavy atom. The number of halogens is 4. The monoisotopic (exact) mass is 576 g/mol. The topological polar surface area (TPSA) is 90.6 Å². The van der Waals surface area contributed by atoms with E-state index in [0.717, 1.165) is 7.11 Å². The second-order valence-corrected chi connectivity index (χ2v) is 13.9. The van der Waals surface area contributed by atoms with E-state index in [1.165, 1.54) is 24.3 Å². The van der Waals surface area contributed by atoms with Gasteiger partial charge in [-0.25, -0.2) is 22.4 Å². The number of nitrogen functional groups attached to an aromatic ring is 1. The number of rotatable bonds is 7. The van der Waals surface area contributed by atoms with Gasteiger partial charge in [-0.1, -0.05) is 45.0 Å². The van der Waals surface area contributed by atoms with Crippen molar-refractivity contribution in [1.82, 2.24) is 0 Å². The maximum Gasteiger partial charge on any atom is 0.340 e. The first-order valence-corrected chi connectivity index (χ1v) is 13.7. The van der Waals surface area contributed by atoms with Crippen molar-refractivity contribution < 1.29 is 36.3 Å². The highest BCUT2D eigenvalue weighted by Crippen LogP contribution is 2.35. The minimum absolute atomic E-state index is 0.0429. The number of hydrogen-bond donors (Lipinski definition) is 2. The van der Waals surface area contributed by atoms with E-state index in [1.54, 1.807) is 19.1 Å². The first-order valence-electron chi connectivity index (χ1n) is 12.4. The van der Waals surface area contributed by atoms with Crippen molar-refractivity contribution in [2.24, 2.45) is 0 Å². The van der Waals surface area contributed by atoms with Gasteiger partial charge in [0.1, 0.15) is 5.56 Å². The van der Waals surface area contributed by atoms with Gasteiger partial charge in [0.25, 0.3) is 5.91 Å². The predicted octanol–water partition coefficient (Wildman–Crippen LogP) is 6.39. The third-order valence-corrected chi connectivity index (χ3v) is 7.94. The highest BCUT2D eigenvalue weighted by atomic mass is 28.2. The molecule has 3 N–H and O–H groups in total. The van der Waals surface area contributed by atoms with E-state index in [9.17, 15) is 9.59 Å². The SMILES string of the molecule is COC(=O)c1cc(C)cc(NC(=O)c2c(F)c(F)c(-c3ccc(C(C)(C)O[SiH2]C(C)(C)C)cc3)c(F)c2F)c1N. The molecule has 3 aromatic carbocycles. The van der Waals surface area contributed by atoms with E-state index in [4.69, 9.17) is 10.2 Å². The molecule has 11 heteroatoms. The number of anilines is 2. The third-order valence-electron chi connectivity index (χ3n) is 6.20. The highest BCUT2D eigenvalue weighted by molar-refractivity contribution is 6.31. The molecule has 0 saturated carbocycles. The largest absolute Gasteiger partial charge is 0.465 e. The molecule has 0 aliphatic rings. The summed E-state index contributed by atoms with van der Waals surface area (Å²) < 4.78 is 71.3. The summed E-state index contributed by atoms with van der Waals surface area (Å²) in [4.78, 5) is 24.8. The Balaban J connectivity index is 1.98. The van der Waals surface area contributed by atoms with Crippen LogP contribution in [0.25, 0.3) is 11.1 Å². The summed E-state index contributed by atoms with van der Waals surface area (Å²) in [5.74, 6) is -9.54. The molecule has 0 unspecified atom stereocenters. The van der Waals surface area contributed by atoms with Crippen molar-refractivity contribution in [3.63, 3.8) is 0 Å². The van der Waals surface area contributed by atoms with Crippen LogP contribution in [0.3, 0.4) is 0 Å². The molecular formula is C29H32F4N2O4Si. The second kappa shape index (κ2) is 11.4. The minimum Gasteiger partial charge on any atom is -0.465 e. The molecule has 6 nitrogen and oxygen atoms in total. The predicted molar refractivity (Wildman–Crippen MR) is 149 cm³/mol. The van der Waals surface area contributed by atoms with E-state index >= 15 is 17.6 Å². The van der Waals surface area contributed by atoms with Crippen molar-refractivity contribution in [3.8, 4) is 11.1 Å². The van der Waals surface area contributed by atoms with Crippen molar-refractivity contribution in [1.29, 1.82) is 0 Å². The Labute approximate surface area is 232 Å². The number of aryl methyl sites for hydroxylation is 1. The maximum atomic E-state index is 15.2. The maximum absolute atomic E-state index is 15.2. The fourth-order valence-electron chi connectivity index (χ4n) is 3.97. The van der Waals surface area contributed by atoms with Crippen LogP contribution in [0.4, 0.5) is 28.9 Å². The standard InChI is InChI=1S/C29H32F4N2O4Si/c1-14-12-17(27(37)38-7)25(34)18(13-14)35-26(36)20-23(32)21(30)19(22(31)24(20)33)15-8-10-16(11-9-15)29(5,6)39-40-28(2,3)4/h8-13H,34,40H2,1-7H3,(H,35,36). The lowest BCUT2D eigenvalue weighted by Gasteiger charge is -2.30. The van der Waals surface area contributed by atoms with Gasteiger partial charge in [-0.3, -0.25) is 4.79 Å². The molecule has 1 amide bonds. The summed E-state index contributed by atoms with van der Waals surface area (Å²) in [5.41, 5.74) is 3.30. The van der Waals surface area contributed by atoms with Crippen LogP contribution in [0.15, 0.2) is 36.4 Å². The van der Waals surface area contributed by atoms with Gasteiger partial charge < -0.3 is 20.2 Å². The Bertz CT molecular complexity index is 1440. The van der Waals surface area contributed by atoms with Crippen molar-refractivity contribution in [2.75, 3.05) is 18.2 Å². The van der Waals surface area contributed by atoms with Crippen LogP contribution in [0.2, 0.25) is 5.04 Å². The van der Waals surface area contributed by atoms with Gasteiger partial charge in [-0.15, -0.1) is 0 Å². The number of nitrogens with two attached hydrogens (primary N) is 1. The Hall–Kier alpha value is -3.70. The summed E-state index contributed by atoms with van der Waals surface area (Å²) in [7, 11) is 0.205. The molecule has 0 aliphatic heterocycles. The normalized spacial score (nSPS) is 12.2. The van der Waals surface area contributed by atoms with Crippen LogP contribution in [-0.2, 0) is 14.8 Å². The number of esters is 1. The van der Waals surface area contributed by atoms with Gasteiger partial charge in [-0.2, -0.15) is 0 Å². The zero-order valence-corrected chi connectivity index (χ0v) is 24.8. The molecule has 0 fully saturated rings. The molecule has 0 heterocycles. The van der Waals surface area contributed by atoms with Crippen LogP contribution in [0.5, 0.6) is 0 Å². The number of carbonyl (C=O) groups is 2. The fourth-order valence-corrected chi connectivity index (χ4v) is 4.93. The van der Waals surface area contributed by atoms with E-state index in [-0.39, 0.29) is 27.5 Å². The lowest BCUT2D eigenvalue weighted by Crippen LogP contribution is -2.27. The van der Waals surface area contributed by atoms with Crippen LogP contribution in [0.1, 0.15) is 66.5 Å². The molecular weight excluding hydrogens is 544 g/mol. The zero-order valence-electron chi connectivity index (χ0n) is 23.4. The number of methoxy groups -OCH3 is 1. The van der Waals surface area contributed by atoms with Crippen LogP contribution < -0.4 is 11.1 Å². The van der Waals surface area contributed by atoms with E-state index < -0.39 is 61.6 Å². The smallest absolute Gasteiger partial charge is 0.340 e. The van der Waals surface area contributed by atoms with E-state index in [0.29, 0.717) is 11.1 Å². The average Bonchev–Trinajstić information content (AvgIpc) is 2.88. The number of amides is 1. The van der Waals surface area contributed by atoms with Gasteiger partial charge in [0, 0.05) is 0 Å². The summed E-state index contributed by atoms with van der Waals surface area (Å²) in [5, 5.41) is 2.18. The van der Waals surface area contributed by atoms with Gasteiger partial charge in [0.15, 0.2) is 33.0 Å². The molecule has 3 rings (SSSR count). The molecule has 214 valence electrons. The molecule has 0 spiro atoms. The summed E-state index contributed by atoms with van der Waals surface area (Å²) in [6.45, 7) is 11.5. The molecule has 0 saturated heterocycles. The first kappa shape index (κ1) is 30.8. The Kier molecular flexibility index (Phi) is 8.80. The number of benzene rings is 3. The number of hydrogen-bond acceptors (Lipinski definition) is 5. The molecule has 3 aromatic rings. The zero-order chi connectivity index (χ0) is 30.2. The number of ether oxygens (including phenoxy) is 1. The van der Waals surface area contributed by atoms with Crippen LogP contribution in [0, 0.1) is 30.2 Å². The lowest BCUT2D eigenvalue weighted by atomic mass is 9.94. The third kappa shape index (κ3) is 6.36. The molecule has 0 bridgehead atoms. The van der Waals surface area contributed by atoms with E-state index in [2.05, 4.69) is 30.8 Å². The summed E-state index contributed by atoms with van der Waals surface area (Å²) in [6, 6.07) is 8.52. The number of nitrogens with one attached hydrogen (secondary N) is 1. The Morgan fingerprint density at radius 3 is 1.95 bits per heavy atom. The molecule has 0 aromatic heterocycles. The molecule has 40 heavy (non-hydrogen) atoms. The Morgan fingerprint density at radius 2 is 1.45 bits per heavy atom. The second-order valence-electron chi connectivity index (χ2n) is 11.2. The minimum atomic E-state index is -1.88. The summed E-state index contributed by atoms with van der Waals surface area (Å²) >= 11 is 0. The highest BCUT2D eigenvalue weighted by Gasteiger charge is 2.31. The van der Waals surface area contributed by atoms with E-state index in [1.807, 2.05) is 13.8 Å². The fraction of sp³-hybridized carbons (Fsp3) is 0.310. The quantitative estimate of drug-likeness (QED) is 0.112. The average molecular weight is 577 g/mol. The van der Waals surface area contributed by atoms with Crippen molar-refractivity contribution in [3.05, 3.63) is 81.9 Å². The van der Waals surface area contributed by atoms with Crippen LogP contribution in [-0.4, -0.2) is 28.7 Å². The van der Waals surface area contributed by atoms with Gasteiger partial charge in [0.2, 0.25) is 0 Å². The number of carbonyl (C=O) groups excluding carboxylic acids is 2. The van der Waals surface area contributed by atoms with Gasteiger partial charge >= 0.3 is 5.97 Å². The van der Waals surface area contributed by atoms with Gasteiger partial charge in [-0.05, 0) is 54.6 Å². The van der Waals surface area contributed by atoms with Crippen molar-refractivity contribution in [2.45, 2.75) is 52.2 Å². The molecule has 0 radical (unpaired) electrons. The van der Waals surface area contributed by atoms with Crippen LogP contribution >= 0.6 is 0 Å². The molecule has 0 aliphatic carbocycles. The van der Waals surface area contributed by atoms with Gasteiger partial charge in [0.05, 0.1) is 35.2 Å².